The Morgan fingerprint density at radius 2 is 0.904 bits per heavy atom. The van der Waals surface area contributed by atoms with Gasteiger partial charge in [0.05, 0.1) is 70.2 Å². The van der Waals surface area contributed by atoms with Crippen molar-refractivity contribution in [1.29, 1.82) is 0 Å². The summed E-state index contributed by atoms with van der Waals surface area (Å²) >= 11 is 0. The number of hydrogen-bond donors (Lipinski definition) is 23. The largest absolute Gasteiger partial charge is 0.394 e. The summed E-state index contributed by atoms with van der Waals surface area (Å²) in [7, 11) is 0. The molecule has 13 aliphatic rings. The third-order valence-corrected chi connectivity index (χ3v) is 27.9. The Labute approximate surface area is 662 Å². The lowest BCUT2D eigenvalue weighted by molar-refractivity contribution is -0.416. The second kappa shape index (κ2) is 36.3. The van der Waals surface area contributed by atoms with Gasteiger partial charge in [0.15, 0.2) is 56.1 Å². The van der Waals surface area contributed by atoms with E-state index in [1.807, 2.05) is 20.8 Å². The van der Waals surface area contributed by atoms with Crippen LogP contribution in [0.2, 0.25) is 0 Å². The maximum Gasteiger partial charge on any atom is 0.187 e. The summed E-state index contributed by atoms with van der Waals surface area (Å²) in [6, 6.07) is 0. The normalized spacial score (nSPS) is 55.8. The highest BCUT2D eigenvalue weighted by Gasteiger charge is 2.72. The van der Waals surface area contributed by atoms with Crippen molar-refractivity contribution in [3.63, 3.8) is 0 Å². The van der Waals surface area contributed by atoms with Crippen molar-refractivity contribution in [2.45, 2.75) is 364 Å². The average Bonchev–Trinajstić information content (AvgIpc) is 1.54. The number of ketones is 1. The quantitative estimate of drug-likeness (QED) is 0.0399. The van der Waals surface area contributed by atoms with Crippen molar-refractivity contribution in [2.75, 3.05) is 39.6 Å². The Hall–Kier alpha value is -1.93. The van der Waals surface area contributed by atoms with Gasteiger partial charge in [-0.3, -0.25) is 4.79 Å². The average molecular weight is 1670 g/mol. The molecule has 115 heavy (non-hydrogen) atoms. The van der Waals surface area contributed by atoms with Gasteiger partial charge in [-0.25, -0.2) is 0 Å². The first-order chi connectivity index (χ1) is 54.3. The Balaban J connectivity index is 0.651. The molecule has 4 aliphatic carbocycles. The van der Waals surface area contributed by atoms with E-state index in [-0.39, 0.29) is 65.8 Å². The minimum absolute atomic E-state index is 0.0143. The smallest absolute Gasteiger partial charge is 0.187 e. The second-order valence-electron chi connectivity index (χ2n) is 34.9. The zero-order valence-corrected chi connectivity index (χ0v) is 65.0. The fraction of sp³-hybridized carbons (Fsp3) is 0.986. The van der Waals surface area contributed by atoms with Crippen LogP contribution in [0.4, 0.5) is 0 Å². The summed E-state index contributed by atoms with van der Waals surface area (Å²) in [5.41, 5.74) is -1.09. The van der Waals surface area contributed by atoms with Gasteiger partial charge in [-0.2, -0.15) is 0 Å². The Bertz CT molecular complexity index is 3160. The van der Waals surface area contributed by atoms with Gasteiger partial charge in [0.1, 0.15) is 177 Å². The summed E-state index contributed by atoms with van der Waals surface area (Å²) in [6.07, 6.45) is -66.8. The predicted octanol–water partition coefficient (Wildman–Crippen LogP) is -9.76. The number of ether oxygens (including phenoxy) is 17. The molecule has 41 nitrogen and oxygen atoms in total. The van der Waals surface area contributed by atoms with Gasteiger partial charge in [-0.15, -0.1) is 0 Å². The van der Waals surface area contributed by atoms with Crippen LogP contribution >= 0.6 is 0 Å². The van der Waals surface area contributed by atoms with E-state index < -0.39 is 296 Å². The number of aliphatic hydroxyl groups is 23. The van der Waals surface area contributed by atoms with Gasteiger partial charge >= 0.3 is 0 Å². The number of hydrogen-bond acceptors (Lipinski definition) is 41. The van der Waals surface area contributed by atoms with E-state index in [9.17, 15) is 122 Å². The fourth-order valence-corrected chi connectivity index (χ4v) is 20.8. The van der Waals surface area contributed by atoms with Crippen LogP contribution in [-0.4, -0.2) is 420 Å². The van der Waals surface area contributed by atoms with Crippen LogP contribution < -0.4 is 0 Å². The lowest BCUT2D eigenvalue weighted by Crippen LogP contribution is -2.69. The van der Waals surface area contributed by atoms with Crippen LogP contribution in [0.25, 0.3) is 0 Å². The second-order valence-corrected chi connectivity index (χ2v) is 34.9. The first-order valence-corrected chi connectivity index (χ1v) is 40.4. The van der Waals surface area contributed by atoms with Crippen molar-refractivity contribution in [1.82, 2.24) is 0 Å². The Morgan fingerprint density at radius 3 is 1.50 bits per heavy atom. The van der Waals surface area contributed by atoms with E-state index in [1.165, 1.54) is 20.8 Å². The van der Waals surface area contributed by atoms with Crippen LogP contribution in [0, 0.1) is 52.3 Å². The molecular weight excluding hydrogens is 1540 g/mol. The predicted molar refractivity (Wildman–Crippen MR) is 372 cm³/mol. The van der Waals surface area contributed by atoms with E-state index in [0.717, 1.165) is 12.8 Å². The molecule has 41 heteroatoms. The molecule has 9 aliphatic heterocycles. The first-order valence-electron chi connectivity index (χ1n) is 40.4. The van der Waals surface area contributed by atoms with Crippen molar-refractivity contribution >= 4 is 5.78 Å². The first kappa shape index (κ1) is 90.8. The molecule has 664 valence electrons. The number of carbonyl (C=O) groups excluding carboxylic acids is 1. The van der Waals surface area contributed by atoms with E-state index in [0.29, 0.717) is 38.5 Å². The summed E-state index contributed by atoms with van der Waals surface area (Å²) in [6.45, 7) is 7.79. The highest BCUT2D eigenvalue weighted by Crippen LogP contribution is 2.70. The molecule has 0 radical (unpaired) electrons. The molecule has 0 bridgehead atoms. The summed E-state index contributed by atoms with van der Waals surface area (Å²) < 4.78 is 103. The molecule has 0 aromatic rings. The lowest BCUT2D eigenvalue weighted by Gasteiger charge is -2.60. The number of aliphatic hydroxyl groups excluding tert-OH is 22. The molecule has 13 fully saturated rings. The van der Waals surface area contributed by atoms with Gasteiger partial charge < -0.3 is 198 Å². The van der Waals surface area contributed by atoms with E-state index in [4.69, 9.17) is 80.5 Å². The summed E-state index contributed by atoms with van der Waals surface area (Å²) in [5, 5.41) is 255. The fourth-order valence-electron chi connectivity index (χ4n) is 20.8. The van der Waals surface area contributed by atoms with Gasteiger partial charge in [-0.1, -0.05) is 27.7 Å². The molecule has 9 heterocycles. The van der Waals surface area contributed by atoms with Crippen LogP contribution in [0.3, 0.4) is 0 Å². The van der Waals surface area contributed by atoms with Crippen molar-refractivity contribution in [3.05, 3.63) is 0 Å². The van der Waals surface area contributed by atoms with Crippen LogP contribution in [0.1, 0.15) is 106 Å². The zero-order chi connectivity index (χ0) is 83.4. The van der Waals surface area contributed by atoms with Gasteiger partial charge in [0.2, 0.25) is 0 Å². The SMILES string of the molecule is C[C@H](CC[C@@]1(O)OC2CC3C4CC[C@H]5C[C@@H](O[C@@H]6O[C@H](CO)[C@H](O[C@@H]7O[C@H](CO)[C@@H](O[C@@H]8O[C@H](CO)[C@@H](O)[C@H](O[C@H]9O[C@H](C)[C@@H](O[C@H]%10O[C@H](C)[C@@H](O)[C@H](O)[C@@H]%10O)[C@H](O)[C@@H]9O[C@H]9O[C@H](C)[C@@H](O)[C@H](O)[C@@H]9O)[C@H]8O[C@@H]8OC[C@@H](O)[C@H](O)[C@H]8O)[C@H](O)[C@H]7O)[C@H](O)[C@H]6O)CC[C@]5(C)C4CC(=O)[C@]3(C)C2[C@@H]1C)CO[C@@H]1O[C@H](CO)[C@@H](O)[C@H](O)[C@H]1O. The molecule has 13 rings (SSSR count). The molecule has 23 N–H and O–H groups in total. The molecule has 0 amide bonds. The van der Waals surface area contributed by atoms with Crippen molar-refractivity contribution < 1.29 is 203 Å². The van der Waals surface area contributed by atoms with Crippen LogP contribution in [0.15, 0.2) is 0 Å². The van der Waals surface area contributed by atoms with E-state index in [1.54, 1.807) is 0 Å². The molecule has 0 aromatic heterocycles. The third-order valence-electron chi connectivity index (χ3n) is 27.9. The molecule has 0 aromatic carbocycles. The Kier molecular flexibility index (Phi) is 28.7. The van der Waals surface area contributed by atoms with Crippen LogP contribution in [-0.2, 0) is 85.3 Å². The monoisotopic (exact) mass is 1670 g/mol. The third kappa shape index (κ3) is 17.1. The highest BCUT2D eigenvalue weighted by atomic mass is 16.8. The highest BCUT2D eigenvalue weighted by molar-refractivity contribution is 5.87. The van der Waals surface area contributed by atoms with Crippen molar-refractivity contribution in [3.8, 4) is 0 Å². The molecule has 0 spiro atoms. The molecule has 4 saturated carbocycles. The summed E-state index contributed by atoms with van der Waals surface area (Å²) in [4.78, 5) is 15.0. The van der Waals surface area contributed by atoms with Gasteiger partial charge in [0.25, 0.3) is 0 Å². The zero-order valence-electron chi connectivity index (χ0n) is 65.0. The van der Waals surface area contributed by atoms with Crippen LogP contribution in [0.5, 0.6) is 0 Å². The van der Waals surface area contributed by atoms with E-state index >= 15 is 0 Å². The molecule has 51 atom stereocenters. The van der Waals surface area contributed by atoms with Gasteiger partial charge in [0, 0.05) is 30.1 Å². The number of rotatable bonds is 24. The molecule has 9 saturated heterocycles. The Morgan fingerprint density at radius 1 is 0.435 bits per heavy atom. The number of carbonyl (C=O) groups is 1. The number of fused-ring (bicyclic) bond motifs is 7. The molecular formula is C74H122O41. The maximum absolute atomic E-state index is 15.0. The summed E-state index contributed by atoms with van der Waals surface area (Å²) in [5.74, 6) is -2.05. The molecule has 5 unspecified atom stereocenters. The van der Waals surface area contributed by atoms with Crippen molar-refractivity contribution in [2.24, 2.45) is 52.3 Å². The minimum atomic E-state index is -2.24. The minimum Gasteiger partial charge on any atom is -0.394 e. The lowest BCUT2D eigenvalue weighted by atomic mass is 9.44. The maximum atomic E-state index is 15.0. The van der Waals surface area contributed by atoms with Gasteiger partial charge in [-0.05, 0) is 101 Å². The number of Topliss-reactive ketones (excluding diaryl/α,β-unsaturated/α-hetero) is 1. The standard InChI is InChI=1S/C74H122O41/c1-23(21-99-64-52(92)48(88)44(84)35(17-75)105-64)10-13-74(98)24(2)40-34(115-74)15-32-30-9-8-28-14-29(11-12-72(28,6)31(30)16-39(80)73(32,40)7)104-68-55(95)49(89)59(37(19-77)107-68)110-69-56(96)50(90)60(38(20-78)108-69)111-71-63(114-65-51(91)43(83)33(79)22-100-65)61(45(85)36(18-76)106-71)112-70-62(113-67-54(94)47(87)42(82)26(4)102-67)57(97)58(27(5)103-70)109-66-53(93)46(86)41(81)25(3)101-66/h23-38,40-71,75-79,81-98H,8-22H2,1-7H3/t23-,24+,25-,26-,27-,28+,29+,30?,31?,32?,33-,34?,35-,36-,37-,38-,40?,41-,42-,43+,44-,45-,46+,47+,48+,49-,50-,51-,52-,53+,54+,55-,56-,57+,58-,59+,60-,61+,62+,63-,64-,65+,66-,67-,68-,69+,70-,71+,72+,73-,74-/m1/s1. The van der Waals surface area contributed by atoms with E-state index in [2.05, 4.69) is 6.92 Å². The topological polar surface area (TPSA) is 639 Å².